The van der Waals surface area contributed by atoms with E-state index in [4.69, 9.17) is 4.74 Å². The number of hydrogen-bond donors (Lipinski definition) is 1. The molecule has 0 saturated carbocycles. The lowest BCUT2D eigenvalue weighted by atomic mass is 10.1. The van der Waals surface area contributed by atoms with Crippen LogP contribution in [0.5, 0.6) is 11.5 Å². The van der Waals surface area contributed by atoms with Gasteiger partial charge in [0, 0.05) is 11.8 Å². The molecule has 0 aromatic heterocycles. The van der Waals surface area contributed by atoms with Gasteiger partial charge in [0.1, 0.15) is 0 Å². The van der Waals surface area contributed by atoms with Crippen molar-refractivity contribution in [2.45, 2.75) is 13.5 Å². The zero-order valence-electron chi connectivity index (χ0n) is 17.5. The zero-order valence-corrected chi connectivity index (χ0v) is 17.5. The lowest BCUT2D eigenvalue weighted by Crippen LogP contribution is -2.12. The number of alkyl halides is 2. The van der Waals surface area contributed by atoms with Crippen LogP contribution in [0.25, 0.3) is 6.08 Å². The van der Waals surface area contributed by atoms with Crippen molar-refractivity contribution >= 4 is 29.6 Å². The summed E-state index contributed by atoms with van der Waals surface area (Å²) in [7, 11) is 2.37. The van der Waals surface area contributed by atoms with Crippen LogP contribution in [0.2, 0.25) is 0 Å². The number of carbonyl (C=O) groups is 3. The summed E-state index contributed by atoms with van der Waals surface area (Å²) >= 11 is 0. The first-order valence-electron chi connectivity index (χ1n) is 9.29. The predicted octanol–water partition coefficient (Wildman–Crippen LogP) is 3.91. The van der Waals surface area contributed by atoms with E-state index in [9.17, 15) is 23.2 Å². The molecule has 170 valence electrons. The van der Waals surface area contributed by atoms with Crippen molar-refractivity contribution in [2.24, 2.45) is 0 Å². The van der Waals surface area contributed by atoms with Crippen molar-refractivity contribution in [3.63, 3.8) is 0 Å². The first-order chi connectivity index (χ1) is 15.3. The molecule has 0 aliphatic heterocycles. The molecule has 0 aliphatic carbocycles. The molecule has 0 atom stereocenters. The van der Waals surface area contributed by atoms with E-state index < -0.39 is 24.5 Å². The van der Waals surface area contributed by atoms with Gasteiger partial charge in [0.15, 0.2) is 11.5 Å². The van der Waals surface area contributed by atoms with Crippen molar-refractivity contribution in [3.8, 4) is 11.5 Å². The van der Waals surface area contributed by atoms with Gasteiger partial charge in [-0.05, 0) is 48.9 Å². The van der Waals surface area contributed by atoms with Crippen LogP contribution in [0.3, 0.4) is 0 Å². The molecule has 2 aromatic rings. The highest BCUT2D eigenvalue weighted by atomic mass is 19.3. The number of hydrogen-bond acceptors (Lipinski definition) is 7. The van der Waals surface area contributed by atoms with E-state index in [1.807, 2.05) is 0 Å². The topological polar surface area (TPSA) is 100 Å². The second-order valence-electron chi connectivity index (χ2n) is 6.12. The number of methoxy groups -OCH3 is 2. The predicted molar refractivity (Wildman–Crippen MR) is 111 cm³/mol. The van der Waals surface area contributed by atoms with Crippen molar-refractivity contribution in [2.75, 3.05) is 26.1 Å². The van der Waals surface area contributed by atoms with Crippen LogP contribution in [0.1, 0.15) is 33.2 Å². The lowest BCUT2D eigenvalue weighted by Gasteiger charge is -2.11. The van der Waals surface area contributed by atoms with E-state index in [-0.39, 0.29) is 34.9 Å². The van der Waals surface area contributed by atoms with E-state index in [1.54, 1.807) is 6.92 Å². The van der Waals surface area contributed by atoms with Crippen molar-refractivity contribution in [1.82, 2.24) is 0 Å². The average Bonchev–Trinajstić information content (AvgIpc) is 2.77. The Morgan fingerprint density at radius 1 is 0.969 bits per heavy atom. The quantitative estimate of drug-likeness (QED) is 0.458. The van der Waals surface area contributed by atoms with Gasteiger partial charge in [-0.2, -0.15) is 8.78 Å². The molecular formula is C22H21F2NO7. The SMILES string of the molecule is CCOc1cc(/C=C/C(=O)Nc2cc(C(=O)OC)cc(C(=O)OC)c2)ccc1OC(F)F. The molecule has 2 aromatic carbocycles. The number of carbonyl (C=O) groups excluding carboxylic acids is 3. The Balaban J connectivity index is 2.22. The second-order valence-corrected chi connectivity index (χ2v) is 6.12. The molecule has 0 unspecified atom stereocenters. The molecule has 10 heteroatoms. The molecule has 0 radical (unpaired) electrons. The number of ether oxygens (including phenoxy) is 4. The van der Waals surface area contributed by atoms with E-state index in [2.05, 4.69) is 19.5 Å². The molecule has 0 fully saturated rings. The first-order valence-corrected chi connectivity index (χ1v) is 9.29. The van der Waals surface area contributed by atoms with Crippen molar-refractivity contribution in [1.29, 1.82) is 0 Å². The summed E-state index contributed by atoms with van der Waals surface area (Å²) in [6.07, 6.45) is 2.61. The Morgan fingerprint density at radius 3 is 2.12 bits per heavy atom. The smallest absolute Gasteiger partial charge is 0.387 e. The first kappa shape index (κ1) is 24.3. The summed E-state index contributed by atoms with van der Waals surface area (Å²) in [4.78, 5) is 36.0. The minimum Gasteiger partial charge on any atom is -0.490 e. The Kier molecular flexibility index (Phi) is 8.70. The number of nitrogens with one attached hydrogen (secondary N) is 1. The summed E-state index contributed by atoms with van der Waals surface area (Å²) < 4.78 is 44.0. The van der Waals surface area contributed by atoms with Gasteiger partial charge in [-0.25, -0.2) is 9.59 Å². The van der Waals surface area contributed by atoms with Crippen LogP contribution in [0, 0.1) is 0 Å². The van der Waals surface area contributed by atoms with Gasteiger partial charge in [-0.15, -0.1) is 0 Å². The highest BCUT2D eigenvalue weighted by Crippen LogP contribution is 2.30. The van der Waals surface area contributed by atoms with E-state index in [0.717, 1.165) is 0 Å². The van der Waals surface area contributed by atoms with Crippen LogP contribution in [-0.2, 0) is 14.3 Å². The summed E-state index contributed by atoms with van der Waals surface area (Å²) in [6.45, 7) is -1.09. The van der Waals surface area contributed by atoms with Gasteiger partial charge in [-0.3, -0.25) is 4.79 Å². The lowest BCUT2D eigenvalue weighted by molar-refractivity contribution is -0.111. The number of anilines is 1. The fourth-order valence-electron chi connectivity index (χ4n) is 2.62. The second kappa shape index (κ2) is 11.4. The van der Waals surface area contributed by atoms with E-state index >= 15 is 0 Å². The minimum absolute atomic E-state index is 0.0469. The molecule has 0 aliphatic rings. The highest BCUT2D eigenvalue weighted by molar-refractivity contribution is 6.04. The van der Waals surface area contributed by atoms with Gasteiger partial charge >= 0.3 is 18.6 Å². The van der Waals surface area contributed by atoms with Gasteiger partial charge < -0.3 is 24.3 Å². The normalized spacial score (nSPS) is 10.7. The third-order valence-corrected chi connectivity index (χ3v) is 3.95. The monoisotopic (exact) mass is 449 g/mol. The van der Waals surface area contributed by atoms with Crippen LogP contribution in [0.4, 0.5) is 14.5 Å². The summed E-state index contributed by atoms with van der Waals surface area (Å²) in [6, 6.07) is 8.18. The molecule has 32 heavy (non-hydrogen) atoms. The van der Waals surface area contributed by atoms with Gasteiger partial charge in [0.05, 0.1) is 32.0 Å². The number of esters is 2. The van der Waals surface area contributed by atoms with Crippen molar-refractivity contribution in [3.05, 3.63) is 59.2 Å². The number of halogens is 2. The Morgan fingerprint density at radius 2 is 1.59 bits per heavy atom. The highest BCUT2D eigenvalue weighted by Gasteiger charge is 2.15. The van der Waals surface area contributed by atoms with Gasteiger partial charge in [0.2, 0.25) is 5.91 Å². The maximum atomic E-state index is 12.5. The van der Waals surface area contributed by atoms with Crippen LogP contribution >= 0.6 is 0 Å². The molecule has 1 amide bonds. The van der Waals surface area contributed by atoms with Crippen molar-refractivity contribution < 1.29 is 42.1 Å². The molecule has 8 nitrogen and oxygen atoms in total. The fourth-order valence-corrected chi connectivity index (χ4v) is 2.62. The molecule has 2 rings (SSSR count). The molecule has 0 spiro atoms. The van der Waals surface area contributed by atoms with Gasteiger partial charge in [-0.1, -0.05) is 6.07 Å². The third-order valence-electron chi connectivity index (χ3n) is 3.95. The standard InChI is InChI=1S/C22H21F2NO7/c1-4-31-18-9-13(5-7-17(18)32-22(23)24)6-8-19(26)25-16-11-14(20(27)29-2)10-15(12-16)21(28)30-3/h5-12,22H,4H2,1-3H3,(H,25,26)/b8-6+. The molecule has 0 bridgehead atoms. The van der Waals surface area contributed by atoms with Crippen LogP contribution in [-0.4, -0.2) is 45.3 Å². The number of benzene rings is 2. The van der Waals surface area contributed by atoms with Crippen LogP contribution < -0.4 is 14.8 Å². The molecule has 1 N–H and O–H groups in total. The molecule has 0 saturated heterocycles. The maximum Gasteiger partial charge on any atom is 0.387 e. The van der Waals surface area contributed by atoms with Crippen LogP contribution in [0.15, 0.2) is 42.5 Å². The Hall–Kier alpha value is -3.95. The van der Waals surface area contributed by atoms with E-state index in [0.29, 0.717) is 5.56 Å². The van der Waals surface area contributed by atoms with Gasteiger partial charge in [0.25, 0.3) is 0 Å². The summed E-state index contributed by atoms with van der Waals surface area (Å²) in [5, 5.41) is 2.53. The largest absolute Gasteiger partial charge is 0.490 e. The fraction of sp³-hybridized carbons (Fsp3) is 0.227. The van der Waals surface area contributed by atoms with E-state index in [1.165, 1.54) is 62.8 Å². The maximum absolute atomic E-state index is 12.5. The zero-order chi connectivity index (χ0) is 23.7. The molecule has 0 heterocycles. The average molecular weight is 449 g/mol. The summed E-state index contributed by atoms with van der Waals surface area (Å²) in [5.74, 6) is -2.00. The third kappa shape index (κ3) is 6.79. The molecular weight excluding hydrogens is 428 g/mol. The summed E-state index contributed by atoms with van der Waals surface area (Å²) in [5.41, 5.74) is 0.749. The Labute approximate surface area is 182 Å². The minimum atomic E-state index is -3.00. The Bertz CT molecular complexity index is 987. The number of rotatable bonds is 9. The number of amides is 1.